The first-order valence-electron chi connectivity index (χ1n) is 6.74. The van der Waals surface area contributed by atoms with Gasteiger partial charge in [0.15, 0.2) is 6.61 Å². The number of ether oxygens (including phenoxy) is 1. The van der Waals surface area contributed by atoms with Crippen LogP contribution in [0.15, 0.2) is 18.2 Å². The third-order valence-corrected chi connectivity index (χ3v) is 3.79. The van der Waals surface area contributed by atoms with Crippen LogP contribution in [0.25, 0.3) is 0 Å². The molecule has 24 heavy (non-hydrogen) atoms. The molecule has 1 N–H and O–H groups in total. The standard InChI is InChI=1S/C14H12F2N2O5S/c15-9-3-8(4-10(16)5-9)13(21)23-6-11(19)17-1-2-18-12(20)7-24-14(18)22/h3-5H,1-2,6-7H2,(H,17,19). The molecule has 1 aromatic carbocycles. The maximum atomic E-state index is 13.0. The van der Waals surface area contributed by atoms with Crippen molar-refractivity contribution in [2.45, 2.75) is 0 Å². The van der Waals surface area contributed by atoms with E-state index in [1.54, 1.807) is 0 Å². The van der Waals surface area contributed by atoms with E-state index in [4.69, 9.17) is 0 Å². The highest BCUT2D eigenvalue weighted by Gasteiger charge is 2.29. The topological polar surface area (TPSA) is 92.8 Å². The maximum absolute atomic E-state index is 13.0. The predicted octanol–water partition coefficient (Wildman–Crippen LogP) is 0.933. The first kappa shape index (κ1) is 17.9. The molecule has 2 rings (SSSR count). The Labute approximate surface area is 139 Å². The number of hydrogen-bond donors (Lipinski definition) is 1. The molecule has 1 aliphatic heterocycles. The van der Waals surface area contributed by atoms with Gasteiger partial charge in [-0.3, -0.25) is 19.3 Å². The maximum Gasteiger partial charge on any atom is 0.338 e. The Morgan fingerprint density at radius 2 is 1.88 bits per heavy atom. The van der Waals surface area contributed by atoms with Crippen LogP contribution in [0.4, 0.5) is 13.6 Å². The molecule has 1 aliphatic rings. The zero-order chi connectivity index (χ0) is 17.7. The largest absolute Gasteiger partial charge is 0.452 e. The summed E-state index contributed by atoms with van der Waals surface area (Å²) in [7, 11) is 0. The summed E-state index contributed by atoms with van der Waals surface area (Å²) in [5.74, 6) is -3.86. The molecule has 0 atom stereocenters. The molecule has 3 amide bonds. The van der Waals surface area contributed by atoms with Crippen molar-refractivity contribution in [3.8, 4) is 0 Å². The summed E-state index contributed by atoms with van der Waals surface area (Å²) >= 11 is 0.881. The summed E-state index contributed by atoms with van der Waals surface area (Å²) < 4.78 is 30.6. The Hall–Kier alpha value is -2.49. The minimum Gasteiger partial charge on any atom is -0.452 e. The number of rotatable bonds is 6. The normalized spacial score (nSPS) is 14.0. The molecule has 0 radical (unpaired) electrons. The van der Waals surface area contributed by atoms with E-state index in [0.717, 1.165) is 28.8 Å². The van der Waals surface area contributed by atoms with E-state index in [2.05, 4.69) is 10.1 Å². The van der Waals surface area contributed by atoms with E-state index in [1.807, 2.05) is 0 Å². The van der Waals surface area contributed by atoms with E-state index in [1.165, 1.54) is 0 Å². The van der Waals surface area contributed by atoms with Crippen LogP contribution in [-0.2, 0) is 14.3 Å². The number of nitrogens with one attached hydrogen (secondary N) is 1. The molecule has 7 nitrogen and oxygen atoms in total. The van der Waals surface area contributed by atoms with Gasteiger partial charge in [0.05, 0.1) is 11.3 Å². The molecule has 1 fully saturated rings. The third kappa shape index (κ3) is 4.75. The molecule has 0 aliphatic carbocycles. The van der Waals surface area contributed by atoms with Crippen molar-refractivity contribution in [2.75, 3.05) is 25.4 Å². The number of thioether (sulfide) groups is 1. The lowest BCUT2D eigenvalue weighted by molar-refractivity contribution is -0.126. The summed E-state index contributed by atoms with van der Waals surface area (Å²) in [5.41, 5.74) is -0.356. The van der Waals surface area contributed by atoms with E-state index < -0.39 is 30.1 Å². The van der Waals surface area contributed by atoms with Crippen molar-refractivity contribution in [3.63, 3.8) is 0 Å². The second-order valence-electron chi connectivity index (χ2n) is 4.68. The van der Waals surface area contributed by atoms with Crippen LogP contribution in [0, 0.1) is 11.6 Å². The number of benzene rings is 1. The molecular weight excluding hydrogens is 346 g/mol. The highest BCUT2D eigenvalue weighted by atomic mass is 32.2. The van der Waals surface area contributed by atoms with Gasteiger partial charge in [0.1, 0.15) is 11.6 Å². The molecule has 0 aromatic heterocycles. The second kappa shape index (κ2) is 7.86. The van der Waals surface area contributed by atoms with E-state index in [9.17, 15) is 28.0 Å². The van der Waals surface area contributed by atoms with E-state index in [-0.39, 0.29) is 35.6 Å². The first-order valence-corrected chi connectivity index (χ1v) is 7.72. The lowest BCUT2D eigenvalue weighted by Crippen LogP contribution is -2.38. The Morgan fingerprint density at radius 3 is 2.46 bits per heavy atom. The van der Waals surface area contributed by atoms with E-state index in [0.29, 0.717) is 6.07 Å². The van der Waals surface area contributed by atoms with Crippen LogP contribution in [0.3, 0.4) is 0 Å². The zero-order valence-electron chi connectivity index (χ0n) is 12.2. The van der Waals surface area contributed by atoms with Crippen molar-refractivity contribution in [2.24, 2.45) is 0 Å². The monoisotopic (exact) mass is 358 g/mol. The number of carbonyl (C=O) groups is 4. The Balaban J connectivity index is 1.73. The number of esters is 1. The zero-order valence-corrected chi connectivity index (χ0v) is 13.0. The molecule has 0 unspecified atom stereocenters. The number of amides is 3. The molecule has 128 valence electrons. The van der Waals surface area contributed by atoms with Crippen molar-refractivity contribution in [3.05, 3.63) is 35.4 Å². The van der Waals surface area contributed by atoms with Crippen LogP contribution < -0.4 is 5.32 Å². The second-order valence-corrected chi connectivity index (χ2v) is 5.61. The van der Waals surface area contributed by atoms with Crippen molar-refractivity contribution in [1.29, 1.82) is 0 Å². The summed E-state index contributed by atoms with van der Waals surface area (Å²) in [6.45, 7) is -0.643. The van der Waals surface area contributed by atoms with Gasteiger partial charge in [0.2, 0.25) is 5.91 Å². The summed E-state index contributed by atoms with van der Waals surface area (Å²) in [4.78, 5) is 46.8. The number of hydrogen-bond acceptors (Lipinski definition) is 6. The molecule has 0 bridgehead atoms. The van der Waals surface area contributed by atoms with E-state index >= 15 is 0 Å². The summed E-state index contributed by atoms with van der Waals surface area (Å²) in [5, 5.41) is 1.98. The van der Waals surface area contributed by atoms with Crippen molar-refractivity contribution < 1.29 is 32.7 Å². The lowest BCUT2D eigenvalue weighted by Gasteiger charge is -2.13. The van der Waals surface area contributed by atoms with Gasteiger partial charge in [0, 0.05) is 19.2 Å². The van der Waals surface area contributed by atoms with Crippen LogP contribution in [0.5, 0.6) is 0 Å². The highest BCUT2D eigenvalue weighted by molar-refractivity contribution is 8.14. The fourth-order valence-electron chi connectivity index (χ4n) is 1.84. The van der Waals surface area contributed by atoms with Gasteiger partial charge < -0.3 is 10.1 Å². The van der Waals surface area contributed by atoms with Gasteiger partial charge in [-0.2, -0.15) is 0 Å². The van der Waals surface area contributed by atoms with Crippen molar-refractivity contribution >= 4 is 34.8 Å². The van der Waals surface area contributed by atoms with Crippen LogP contribution in [0.2, 0.25) is 0 Å². The van der Waals surface area contributed by atoms with Gasteiger partial charge in [0.25, 0.3) is 11.1 Å². The SMILES string of the molecule is O=C(COC(=O)c1cc(F)cc(F)c1)NCCN1C(=O)CSC1=O. The minimum atomic E-state index is -1.05. The number of halogens is 2. The molecule has 1 aromatic rings. The quantitative estimate of drug-likeness (QED) is 0.761. The lowest BCUT2D eigenvalue weighted by atomic mass is 10.2. The predicted molar refractivity (Wildman–Crippen MR) is 79.2 cm³/mol. The Morgan fingerprint density at radius 1 is 1.21 bits per heavy atom. The summed E-state index contributed by atoms with van der Waals surface area (Å²) in [6, 6.07) is 2.17. The Bertz CT molecular complexity index is 661. The van der Waals surface area contributed by atoms with Crippen LogP contribution in [-0.4, -0.2) is 53.4 Å². The van der Waals surface area contributed by atoms with Gasteiger partial charge >= 0.3 is 5.97 Å². The van der Waals surface area contributed by atoms with Crippen molar-refractivity contribution in [1.82, 2.24) is 10.2 Å². The summed E-state index contributed by atoms with van der Waals surface area (Å²) in [6.07, 6.45) is 0. The minimum absolute atomic E-state index is 0.00299. The fourth-order valence-corrected chi connectivity index (χ4v) is 2.59. The average molecular weight is 358 g/mol. The number of imide groups is 1. The van der Waals surface area contributed by atoms with Gasteiger partial charge in [-0.1, -0.05) is 11.8 Å². The van der Waals surface area contributed by atoms with Crippen LogP contribution in [0.1, 0.15) is 10.4 Å². The smallest absolute Gasteiger partial charge is 0.338 e. The van der Waals surface area contributed by atoms with Crippen LogP contribution >= 0.6 is 11.8 Å². The molecule has 1 saturated heterocycles. The average Bonchev–Trinajstić information content (AvgIpc) is 2.83. The van der Waals surface area contributed by atoms with Gasteiger partial charge in [-0.05, 0) is 12.1 Å². The molecule has 1 heterocycles. The molecule has 10 heteroatoms. The molecular formula is C14H12F2N2O5S. The van der Waals surface area contributed by atoms with Gasteiger partial charge in [-0.15, -0.1) is 0 Å². The Kier molecular flexibility index (Phi) is 5.85. The third-order valence-electron chi connectivity index (χ3n) is 2.93. The molecule has 0 saturated carbocycles. The number of carbonyl (C=O) groups excluding carboxylic acids is 4. The first-order chi connectivity index (χ1) is 11.4. The number of nitrogens with zero attached hydrogens (tertiary/aromatic N) is 1. The highest BCUT2D eigenvalue weighted by Crippen LogP contribution is 2.17. The fraction of sp³-hybridized carbons (Fsp3) is 0.286. The molecule has 0 spiro atoms. The van der Waals surface area contributed by atoms with Gasteiger partial charge in [-0.25, -0.2) is 13.6 Å².